The van der Waals surface area contributed by atoms with Crippen molar-refractivity contribution in [2.75, 3.05) is 30.3 Å². The second-order valence-electron chi connectivity index (χ2n) is 9.69. The lowest BCUT2D eigenvalue weighted by molar-refractivity contribution is -0.131. The zero-order chi connectivity index (χ0) is 27.9. The van der Waals surface area contributed by atoms with E-state index in [0.717, 1.165) is 17.1 Å². The van der Waals surface area contributed by atoms with Gasteiger partial charge in [-0.15, -0.1) is 0 Å². The van der Waals surface area contributed by atoms with Crippen molar-refractivity contribution in [1.82, 2.24) is 24.8 Å². The van der Waals surface area contributed by atoms with Crippen molar-refractivity contribution in [3.63, 3.8) is 0 Å². The van der Waals surface area contributed by atoms with Gasteiger partial charge in [0, 0.05) is 54.2 Å². The smallest absolute Gasteiger partial charge is 0.319 e. The zero-order valence-corrected chi connectivity index (χ0v) is 22.2. The van der Waals surface area contributed by atoms with Crippen molar-refractivity contribution >= 4 is 29.2 Å². The number of hydrogen-bond acceptors (Lipinski definition) is 5. The van der Waals surface area contributed by atoms with Gasteiger partial charge in [0.05, 0.1) is 24.1 Å². The van der Waals surface area contributed by atoms with Gasteiger partial charge in [-0.25, -0.2) is 9.78 Å². The number of amides is 4. The van der Waals surface area contributed by atoms with Gasteiger partial charge in [-0.05, 0) is 68.3 Å². The number of rotatable bonds is 7. The molecule has 1 aliphatic heterocycles. The van der Waals surface area contributed by atoms with E-state index in [1.165, 1.54) is 0 Å². The number of likely N-dealkylation sites (tertiary alicyclic amines) is 1. The topological polar surface area (TPSA) is 121 Å². The van der Waals surface area contributed by atoms with E-state index in [-0.39, 0.29) is 24.3 Å². The number of pyridine rings is 1. The first-order valence-corrected chi connectivity index (χ1v) is 13.2. The lowest BCUT2D eigenvalue weighted by Crippen LogP contribution is -2.44. The summed E-state index contributed by atoms with van der Waals surface area (Å²) in [6.07, 6.45) is 6.65. The molecule has 0 unspecified atom stereocenters. The molecule has 1 fully saturated rings. The van der Waals surface area contributed by atoms with E-state index in [2.05, 4.69) is 20.9 Å². The van der Waals surface area contributed by atoms with Crippen LogP contribution in [0, 0.1) is 6.92 Å². The highest BCUT2D eigenvalue weighted by molar-refractivity contribution is 6.05. The van der Waals surface area contributed by atoms with Gasteiger partial charge in [0.2, 0.25) is 5.91 Å². The fraction of sp³-hybridized carbons (Fsp3) is 0.233. The zero-order valence-electron chi connectivity index (χ0n) is 22.2. The molecule has 1 saturated heterocycles. The molecule has 40 heavy (non-hydrogen) atoms. The molecule has 3 heterocycles. The van der Waals surface area contributed by atoms with Gasteiger partial charge >= 0.3 is 6.03 Å². The Hall–Kier alpha value is -4.99. The summed E-state index contributed by atoms with van der Waals surface area (Å²) in [6.45, 7) is 2.87. The van der Waals surface area contributed by atoms with Crippen molar-refractivity contribution in [2.24, 2.45) is 0 Å². The maximum absolute atomic E-state index is 13.3. The van der Waals surface area contributed by atoms with Crippen LogP contribution in [0.25, 0.3) is 5.69 Å². The average Bonchev–Trinajstić information content (AvgIpc) is 3.52. The number of nitrogens with one attached hydrogen (secondary N) is 3. The lowest BCUT2D eigenvalue weighted by Gasteiger charge is -2.32. The van der Waals surface area contributed by atoms with E-state index in [1.807, 2.05) is 72.3 Å². The number of piperidine rings is 1. The van der Waals surface area contributed by atoms with Crippen LogP contribution in [0.15, 0.2) is 85.5 Å². The van der Waals surface area contributed by atoms with Gasteiger partial charge in [-0.1, -0.05) is 18.2 Å². The molecule has 204 valence electrons. The molecule has 0 saturated carbocycles. The first-order chi connectivity index (χ1) is 19.5. The second-order valence-corrected chi connectivity index (χ2v) is 9.69. The Morgan fingerprint density at radius 2 is 1.62 bits per heavy atom. The van der Waals surface area contributed by atoms with Gasteiger partial charge in [0.25, 0.3) is 5.91 Å². The highest BCUT2D eigenvalue weighted by Gasteiger charge is 2.28. The van der Waals surface area contributed by atoms with E-state index in [1.54, 1.807) is 29.6 Å². The molecule has 0 radical (unpaired) electrons. The Morgan fingerprint density at radius 1 is 0.900 bits per heavy atom. The molecule has 3 N–H and O–H groups in total. The standard InChI is InChI=1S/C30H31N7O3/c1-21-7-12-26(29(39)34-24-8-10-25(11-9-24)37-18-15-31-20-37)28(33-21)22-13-16-36(17-14-22)27(38)19-32-30(40)35-23-5-3-2-4-6-23/h2-12,15,18,20,22H,13-14,16-17,19H2,1H3,(H,34,39)(H2,32,35,40). The van der Waals surface area contributed by atoms with Gasteiger partial charge in [-0.3, -0.25) is 14.6 Å². The minimum atomic E-state index is -0.426. The van der Waals surface area contributed by atoms with Crippen molar-refractivity contribution < 1.29 is 14.4 Å². The number of benzene rings is 2. The van der Waals surface area contributed by atoms with E-state index in [4.69, 9.17) is 4.98 Å². The predicted molar refractivity (Wildman–Crippen MR) is 153 cm³/mol. The molecule has 10 heteroatoms. The van der Waals surface area contributed by atoms with Gasteiger partial charge in [0.1, 0.15) is 0 Å². The van der Waals surface area contributed by atoms with Crippen LogP contribution in [0.1, 0.15) is 40.5 Å². The predicted octanol–water partition coefficient (Wildman–Crippen LogP) is 4.36. The van der Waals surface area contributed by atoms with Crippen molar-refractivity contribution in [1.29, 1.82) is 0 Å². The molecule has 0 atom stereocenters. The molecule has 2 aromatic carbocycles. The number of aryl methyl sites for hydroxylation is 1. The number of anilines is 2. The Bertz CT molecular complexity index is 1460. The van der Waals surface area contributed by atoms with E-state index < -0.39 is 6.03 Å². The monoisotopic (exact) mass is 537 g/mol. The third-order valence-electron chi connectivity index (χ3n) is 6.90. The van der Waals surface area contributed by atoms with Crippen LogP contribution in [0.5, 0.6) is 0 Å². The van der Waals surface area contributed by atoms with Gasteiger partial charge in [-0.2, -0.15) is 0 Å². The molecule has 0 aliphatic carbocycles. The number of nitrogens with zero attached hydrogens (tertiary/aromatic N) is 4. The Balaban J connectivity index is 1.17. The van der Waals surface area contributed by atoms with Crippen molar-refractivity contribution in [3.8, 4) is 5.69 Å². The number of imidazole rings is 1. The lowest BCUT2D eigenvalue weighted by atomic mass is 9.89. The molecule has 2 aromatic heterocycles. The first kappa shape index (κ1) is 26.6. The van der Waals surface area contributed by atoms with Crippen LogP contribution in [-0.2, 0) is 4.79 Å². The molecule has 0 spiro atoms. The summed E-state index contributed by atoms with van der Waals surface area (Å²) in [6, 6.07) is 19.8. The minimum absolute atomic E-state index is 0.0441. The largest absolute Gasteiger partial charge is 0.341 e. The molecule has 4 aromatic rings. The van der Waals surface area contributed by atoms with E-state index in [9.17, 15) is 14.4 Å². The fourth-order valence-electron chi connectivity index (χ4n) is 4.77. The Morgan fingerprint density at radius 3 is 2.33 bits per heavy atom. The highest BCUT2D eigenvalue weighted by Crippen LogP contribution is 2.30. The van der Waals surface area contributed by atoms with Crippen LogP contribution < -0.4 is 16.0 Å². The second kappa shape index (κ2) is 12.2. The Labute approximate surface area is 232 Å². The third-order valence-corrected chi connectivity index (χ3v) is 6.90. The van der Waals surface area contributed by atoms with Crippen LogP contribution in [0.2, 0.25) is 0 Å². The molecular weight excluding hydrogens is 506 g/mol. The highest BCUT2D eigenvalue weighted by atomic mass is 16.2. The minimum Gasteiger partial charge on any atom is -0.341 e. The van der Waals surface area contributed by atoms with Crippen LogP contribution in [0.4, 0.5) is 16.2 Å². The Kier molecular flexibility index (Phi) is 8.15. The third kappa shape index (κ3) is 6.52. The number of carbonyl (C=O) groups is 3. The van der Waals surface area contributed by atoms with Gasteiger partial charge in [0.15, 0.2) is 0 Å². The van der Waals surface area contributed by atoms with E-state index in [0.29, 0.717) is 42.9 Å². The summed E-state index contributed by atoms with van der Waals surface area (Å²) in [5.74, 6) is -0.316. The number of carbonyl (C=O) groups excluding carboxylic acids is 3. The summed E-state index contributed by atoms with van der Waals surface area (Å²) in [7, 11) is 0. The normalized spacial score (nSPS) is 13.5. The number of para-hydroxylation sites is 1. The molecule has 10 nitrogen and oxygen atoms in total. The summed E-state index contributed by atoms with van der Waals surface area (Å²) >= 11 is 0. The molecule has 5 rings (SSSR count). The average molecular weight is 538 g/mol. The van der Waals surface area contributed by atoms with Crippen LogP contribution >= 0.6 is 0 Å². The summed E-state index contributed by atoms with van der Waals surface area (Å²) in [5, 5.41) is 8.32. The first-order valence-electron chi connectivity index (χ1n) is 13.2. The van der Waals surface area contributed by atoms with E-state index >= 15 is 0 Å². The quantitative estimate of drug-likeness (QED) is 0.324. The maximum Gasteiger partial charge on any atom is 0.319 e. The van der Waals surface area contributed by atoms with Crippen molar-refractivity contribution in [2.45, 2.75) is 25.7 Å². The number of hydrogen-bond donors (Lipinski definition) is 3. The summed E-state index contributed by atoms with van der Waals surface area (Å²) in [4.78, 5) is 48.7. The molecular formula is C30H31N7O3. The SMILES string of the molecule is Cc1ccc(C(=O)Nc2ccc(-n3ccnc3)cc2)c(C2CCN(C(=O)CNC(=O)Nc3ccccc3)CC2)n1. The fourth-order valence-corrected chi connectivity index (χ4v) is 4.77. The molecule has 4 amide bonds. The molecule has 1 aliphatic rings. The molecule has 0 bridgehead atoms. The van der Waals surface area contributed by atoms with Crippen LogP contribution in [0.3, 0.4) is 0 Å². The summed E-state index contributed by atoms with van der Waals surface area (Å²) < 4.78 is 1.89. The maximum atomic E-state index is 13.3. The number of aromatic nitrogens is 3. The summed E-state index contributed by atoms with van der Waals surface area (Å²) in [5.41, 5.74) is 4.41. The number of urea groups is 1. The van der Waals surface area contributed by atoms with Gasteiger partial charge < -0.3 is 25.4 Å². The van der Waals surface area contributed by atoms with Crippen LogP contribution in [-0.4, -0.2) is 56.9 Å². The van der Waals surface area contributed by atoms with Crippen molar-refractivity contribution in [3.05, 3.63) is 102 Å².